The summed E-state index contributed by atoms with van der Waals surface area (Å²) < 4.78 is 5.80. The van der Waals surface area contributed by atoms with E-state index in [2.05, 4.69) is 20.2 Å². The number of nitrogens with one attached hydrogen (secondary N) is 1. The van der Waals surface area contributed by atoms with Gasteiger partial charge in [0.2, 0.25) is 0 Å². The van der Waals surface area contributed by atoms with Crippen LogP contribution in [0.1, 0.15) is 5.82 Å². The van der Waals surface area contributed by atoms with Crippen LogP contribution in [0, 0.1) is 6.92 Å². The molecule has 3 fully saturated rings. The van der Waals surface area contributed by atoms with Gasteiger partial charge in [0.15, 0.2) is 5.60 Å². The van der Waals surface area contributed by atoms with Crippen LogP contribution in [-0.2, 0) is 4.74 Å². The maximum Gasteiger partial charge on any atom is 0.411 e. The Morgan fingerprint density at radius 3 is 2.73 bits per heavy atom. The molecule has 3 amide bonds. The summed E-state index contributed by atoms with van der Waals surface area (Å²) in [5.41, 5.74) is 0.0454. The summed E-state index contributed by atoms with van der Waals surface area (Å²) in [5, 5.41) is 3.50. The van der Waals surface area contributed by atoms with Crippen molar-refractivity contribution in [1.82, 2.24) is 19.8 Å². The van der Waals surface area contributed by atoms with Crippen molar-refractivity contribution in [3.8, 4) is 0 Å². The van der Waals surface area contributed by atoms with Crippen LogP contribution in [0.4, 0.5) is 21.1 Å². The van der Waals surface area contributed by atoms with Crippen LogP contribution >= 0.6 is 11.6 Å². The second-order valence-electron chi connectivity index (χ2n) is 7.84. The van der Waals surface area contributed by atoms with E-state index in [0.717, 1.165) is 5.82 Å². The van der Waals surface area contributed by atoms with Crippen LogP contribution in [0.15, 0.2) is 36.5 Å². The van der Waals surface area contributed by atoms with Crippen molar-refractivity contribution < 1.29 is 14.3 Å². The Balaban J connectivity index is 1.28. The van der Waals surface area contributed by atoms with Crippen molar-refractivity contribution in [3.63, 3.8) is 0 Å². The minimum Gasteiger partial charge on any atom is -0.437 e. The first-order chi connectivity index (χ1) is 14.4. The van der Waals surface area contributed by atoms with Crippen LogP contribution in [-0.4, -0.2) is 76.3 Å². The summed E-state index contributed by atoms with van der Waals surface area (Å²) in [6.45, 7) is 4.25. The molecular weight excluding hydrogens is 408 g/mol. The molecule has 0 saturated carbocycles. The summed E-state index contributed by atoms with van der Waals surface area (Å²) >= 11 is 5.90. The number of aryl methyl sites for hydroxylation is 1. The van der Waals surface area contributed by atoms with Crippen LogP contribution in [0.5, 0.6) is 0 Å². The van der Waals surface area contributed by atoms with Crippen molar-refractivity contribution in [3.05, 3.63) is 47.4 Å². The van der Waals surface area contributed by atoms with Gasteiger partial charge in [0.05, 0.1) is 19.1 Å². The average Bonchev–Trinajstić information content (AvgIpc) is 3.01. The second-order valence-corrected chi connectivity index (χ2v) is 8.28. The van der Waals surface area contributed by atoms with E-state index in [0.29, 0.717) is 49.3 Å². The molecular formula is C20H21ClN6O3. The molecule has 3 aliphatic heterocycles. The first-order valence-corrected chi connectivity index (χ1v) is 10.2. The molecule has 9 nitrogen and oxygen atoms in total. The van der Waals surface area contributed by atoms with Crippen molar-refractivity contribution in [2.45, 2.75) is 18.6 Å². The van der Waals surface area contributed by atoms with Gasteiger partial charge in [-0.25, -0.2) is 19.6 Å². The van der Waals surface area contributed by atoms with Gasteiger partial charge in [-0.05, 0) is 37.3 Å². The highest BCUT2D eigenvalue weighted by atomic mass is 35.5. The number of hydrogen-bond donors (Lipinski definition) is 1. The Kier molecular flexibility index (Phi) is 4.43. The highest BCUT2D eigenvalue weighted by Crippen LogP contribution is 2.41. The van der Waals surface area contributed by atoms with Gasteiger partial charge in [0, 0.05) is 36.5 Å². The molecule has 0 aliphatic carbocycles. The van der Waals surface area contributed by atoms with E-state index < -0.39 is 5.60 Å². The molecule has 1 unspecified atom stereocenters. The van der Waals surface area contributed by atoms with Crippen LogP contribution in [0.3, 0.4) is 0 Å². The van der Waals surface area contributed by atoms with E-state index in [1.165, 1.54) is 0 Å². The number of carbonyl (C=O) groups is 2. The number of aromatic nitrogens is 2. The van der Waals surface area contributed by atoms with Gasteiger partial charge >= 0.3 is 12.1 Å². The third-order valence-corrected chi connectivity index (χ3v) is 6.15. The number of piperazine rings is 1. The van der Waals surface area contributed by atoms with Gasteiger partial charge in [0.25, 0.3) is 0 Å². The second kappa shape index (κ2) is 7.02. The molecule has 4 heterocycles. The van der Waals surface area contributed by atoms with Gasteiger partial charge in [-0.3, -0.25) is 4.90 Å². The molecule has 0 radical (unpaired) electrons. The molecule has 3 aliphatic rings. The quantitative estimate of drug-likeness (QED) is 0.789. The number of ether oxygens (including phenoxy) is 1. The number of hydrogen-bond acceptors (Lipinski definition) is 6. The fourth-order valence-electron chi connectivity index (χ4n) is 4.33. The fraction of sp³-hybridized carbons (Fsp3) is 0.400. The minimum atomic E-state index is -0.630. The predicted octanol–water partition coefficient (Wildman–Crippen LogP) is 2.37. The van der Waals surface area contributed by atoms with Crippen molar-refractivity contribution in [2.75, 3.05) is 42.9 Å². The van der Waals surface area contributed by atoms with E-state index in [4.69, 9.17) is 16.3 Å². The summed E-state index contributed by atoms with van der Waals surface area (Å²) in [6.07, 6.45) is 1.41. The first-order valence-electron chi connectivity index (χ1n) is 9.79. The first kappa shape index (κ1) is 18.9. The lowest BCUT2D eigenvalue weighted by Crippen LogP contribution is -2.71. The van der Waals surface area contributed by atoms with Gasteiger partial charge in [-0.2, -0.15) is 0 Å². The number of amides is 3. The third-order valence-electron chi connectivity index (χ3n) is 5.90. The Labute approximate surface area is 178 Å². The Bertz CT molecular complexity index is 994. The SMILES string of the molecule is Cc1nccc(N2CC3(C2)OC(=O)N2CCN(C(=O)Nc4ccc(Cl)cc4)CC23)n1. The topological polar surface area (TPSA) is 90.9 Å². The summed E-state index contributed by atoms with van der Waals surface area (Å²) in [5.74, 6) is 1.51. The molecule has 1 atom stereocenters. The van der Waals surface area contributed by atoms with E-state index in [1.54, 1.807) is 40.3 Å². The number of anilines is 2. The standard InChI is InChI=1S/C20H21ClN6O3/c1-13-22-7-6-17(23-13)26-11-20(12-26)16-10-25(8-9-27(16)19(29)30-20)18(28)24-15-4-2-14(21)3-5-15/h2-7,16H,8-12H2,1H3,(H,24,28). The van der Waals surface area contributed by atoms with E-state index >= 15 is 0 Å². The Hall–Kier alpha value is -3.07. The predicted molar refractivity (Wildman–Crippen MR) is 111 cm³/mol. The van der Waals surface area contributed by atoms with Crippen molar-refractivity contribution in [1.29, 1.82) is 0 Å². The zero-order chi connectivity index (χ0) is 20.9. The number of urea groups is 1. The summed E-state index contributed by atoms with van der Waals surface area (Å²) in [7, 11) is 0. The van der Waals surface area contributed by atoms with E-state index in [9.17, 15) is 9.59 Å². The Morgan fingerprint density at radius 2 is 2.00 bits per heavy atom. The number of halogens is 1. The lowest BCUT2D eigenvalue weighted by Gasteiger charge is -2.51. The molecule has 3 saturated heterocycles. The van der Waals surface area contributed by atoms with Crippen molar-refractivity contribution in [2.24, 2.45) is 0 Å². The normalized spacial score (nSPS) is 21.9. The largest absolute Gasteiger partial charge is 0.437 e. The van der Waals surface area contributed by atoms with Crippen LogP contribution in [0.2, 0.25) is 5.02 Å². The minimum absolute atomic E-state index is 0.186. The maximum atomic E-state index is 12.8. The molecule has 2 aromatic rings. The average molecular weight is 429 g/mol. The lowest BCUT2D eigenvalue weighted by atomic mass is 9.84. The number of fused-ring (bicyclic) bond motifs is 2. The van der Waals surface area contributed by atoms with E-state index in [1.807, 2.05) is 13.0 Å². The smallest absolute Gasteiger partial charge is 0.411 e. The Morgan fingerprint density at radius 1 is 1.23 bits per heavy atom. The molecule has 0 bridgehead atoms. The summed E-state index contributed by atoms with van der Waals surface area (Å²) in [4.78, 5) is 39.3. The highest BCUT2D eigenvalue weighted by Gasteiger charge is 2.62. The van der Waals surface area contributed by atoms with Gasteiger partial charge in [-0.15, -0.1) is 0 Å². The highest BCUT2D eigenvalue weighted by molar-refractivity contribution is 6.30. The zero-order valence-electron chi connectivity index (χ0n) is 16.4. The van der Waals surface area contributed by atoms with Crippen molar-refractivity contribution >= 4 is 35.2 Å². The summed E-state index contributed by atoms with van der Waals surface area (Å²) in [6, 6.07) is 8.43. The monoisotopic (exact) mass is 428 g/mol. The molecule has 1 aromatic heterocycles. The molecule has 1 spiro atoms. The number of benzene rings is 1. The lowest BCUT2D eigenvalue weighted by molar-refractivity contribution is -0.00308. The fourth-order valence-corrected chi connectivity index (χ4v) is 4.46. The zero-order valence-corrected chi connectivity index (χ0v) is 17.2. The van der Waals surface area contributed by atoms with Crippen LogP contribution < -0.4 is 10.2 Å². The van der Waals surface area contributed by atoms with Gasteiger partial charge in [-0.1, -0.05) is 11.6 Å². The molecule has 156 valence electrons. The molecule has 10 heteroatoms. The molecule has 30 heavy (non-hydrogen) atoms. The van der Waals surface area contributed by atoms with Crippen LogP contribution in [0.25, 0.3) is 0 Å². The number of rotatable bonds is 2. The van der Waals surface area contributed by atoms with Gasteiger partial charge < -0.3 is 19.9 Å². The number of nitrogens with zero attached hydrogens (tertiary/aromatic N) is 5. The van der Waals surface area contributed by atoms with E-state index in [-0.39, 0.29) is 18.2 Å². The molecule has 5 rings (SSSR count). The maximum absolute atomic E-state index is 12.8. The molecule has 1 N–H and O–H groups in total. The van der Waals surface area contributed by atoms with Gasteiger partial charge in [0.1, 0.15) is 11.6 Å². The molecule has 1 aromatic carbocycles. The third kappa shape index (κ3) is 3.19. The number of carbonyl (C=O) groups excluding carboxylic acids is 2.